The summed E-state index contributed by atoms with van der Waals surface area (Å²) in [4.78, 5) is 0. The summed E-state index contributed by atoms with van der Waals surface area (Å²) in [5.41, 5.74) is 0. The fourth-order valence-electron chi connectivity index (χ4n) is 1.32. The Hall–Kier alpha value is 0.217. The van der Waals surface area contributed by atoms with Gasteiger partial charge < -0.3 is 10.1 Å². The average Bonchev–Trinajstić information content (AvgIpc) is 2.80. The number of nitrogens with zero attached hydrogens (tertiary/aromatic N) is 1. The minimum Gasteiger partial charge on any atom is -0.659 e. The van der Waals surface area contributed by atoms with Crippen LogP contribution in [0.4, 0.5) is 0 Å². The fraction of sp³-hybridized carbons (Fsp3) is 0.333. The topological polar surface area (TPSA) is 23.3 Å². The van der Waals surface area contributed by atoms with Gasteiger partial charge in [-0.05, 0) is 0 Å². The van der Waals surface area contributed by atoms with Gasteiger partial charge in [-0.2, -0.15) is 11.5 Å². The first kappa shape index (κ1) is 17.2. The summed E-state index contributed by atoms with van der Waals surface area (Å²) in [5.74, 6) is 0. The van der Waals surface area contributed by atoms with Gasteiger partial charge in [-0.1, -0.05) is 12.1 Å². The Morgan fingerprint density at radius 3 is 2.41 bits per heavy atom. The predicted molar refractivity (Wildman–Crippen MR) is 64.6 cm³/mol. The molecule has 90 valence electrons. The van der Waals surface area contributed by atoms with E-state index in [0.29, 0.717) is 0 Å². The van der Waals surface area contributed by atoms with Crippen LogP contribution in [0.3, 0.4) is 0 Å². The third kappa shape index (κ3) is 6.08. The van der Waals surface area contributed by atoms with E-state index in [1.165, 1.54) is 10.1 Å². The second-order valence-electron chi connectivity index (χ2n) is 3.19. The number of rotatable bonds is 0. The van der Waals surface area contributed by atoms with Crippen LogP contribution in [-0.4, -0.2) is 26.3 Å². The van der Waals surface area contributed by atoms with E-state index in [1.54, 1.807) is 11.3 Å². The molecule has 1 aliphatic heterocycles. The molecule has 0 aliphatic carbocycles. The Balaban J connectivity index is 0.000000287. The fourth-order valence-corrected chi connectivity index (χ4v) is 2.03. The zero-order valence-electron chi connectivity index (χ0n) is 9.78. The van der Waals surface area contributed by atoms with Crippen molar-refractivity contribution in [3.05, 3.63) is 41.0 Å². The Morgan fingerprint density at radius 2 is 1.88 bits per heavy atom. The molecule has 5 heteroatoms. The van der Waals surface area contributed by atoms with Crippen molar-refractivity contribution in [2.75, 3.05) is 26.3 Å². The Kier molecular flexibility index (Phi) is 10.3. The molecule has 1 aliphatic rings. The van der Waals surface area contributed by atoms with Crippen molar-refractivity contribution >= 4 is 21.4 Å². The number of thiophene rings is 1. The summed E-state index contributed by atoms with van der Waals surface area (Å²) in [7, 11) is 0. The molecule has 3 rings (SSSR count). The molecule has 0 N–H and O–H groups in total. The normalized spacial score (nSPS) is 13.9. The van der Waals surface area contributed by atoms with Crippen molar-refractivity contribution < 1.29 is 40.7 Å². The molecule has 0 atom stereocenters. The van der Waals surface area contributed by atoms with Crippen molar-refractivity contribution in [3.8, 4) is 0 Å². The summed E-state index contributed by atoms with van der Waals surface area (Å²) < 4.78 is 6.29. The van der Waals surface area contributed by atoms with E-state index >= 15 is 0 Å². The zero-order valence-corrected chi connectivity index (χ0v) is 11.5. The van der Waals surface area contributed by atoms with Crippen LogP contribution in [0.25, 0.3) is 15.4 Å². The Labute approximate surface area is 129 Å². The van der Waals surface area contributed by atoms with Crippen molar-refractivity contribution in [1.29, 1.82) is 0 Å². The van der Waals surface area contributed by atoms with Gasteiger partial charge in [0, 0.05) is 13.2 Å². The van der Waals surface area contributed by atoms with Crippen LogP contribution in [-0.2, 0) is 21.8 Å². The van der Waals surface area contributed by atoms with Crippen molar-refractivity contribution in [3.63, 3.8) is 0 Å². The van der Waals surface area contributed by atoms with Crippen molar-refractivity contribution in [2.24, 2.45) is 0 Å². The quantitative estimate of drug-likeness (QED) is 0.498. The van der Waals surface area contributed by atoms with E-state index in [4.69, 9.17) is 4.74 Å². The van der Waals surface area contributed by atoms with E-state index < -0.39 is 0 Å². The van der Waals surface area contributed by atoms with Gasteiger partial charge in [0.2, 0.25) is 0 Å². The van der Waals surface area contributed by atoms with Gasteiger partial charge in [-0.15, -0.1) is 35.3 Å². The molecule has 0 saturated carbocycles. The maximum absolute atomic E-state index is 4.98. The molecule has 0 radical (unpaired) electrons. The van der Waals surface area contributed by atoms with Crippen LogP contribution in [0, 0.1) is 5.38 Å². The summed E-state index contributed by atoms with van der Waals surface area (Å²) >= 11 is 1.66. The first-order valence-corrected chi connectivity index (χ1v) is 5.84. The molecule has 1 fully saturated rings. The van der Waals surface area contributed by atoms with Crippen LogP contribution in [0.1, 0.15) is 0 Å². The molecule has 0 spiro atoms. The molecule has 1 saturated heterocycles. The summed E-state index contributed by atoms with van der Waals surface area (Å²) in [5, 5.41) is 8.43. The summed E-state index contributed by atoms with van der Waals surface area (Å²) in [6.07, 6.45) is 0. The summed E-state index contributed by atoms with van der Waals surface area (Å²) in [6, 6.07) is 10.3. The first-order chi connectivity index (χ1) is 7.47. The minimum absolute atomic E-state index is 0. The monoisotopic (exact) mass is 289 g/mol. The number of ether oxygens (including phenoxy) is 1. The molecular weight excluding hydrogens is 277 g/mol. The zero-order chi connectivity index (χ0) is 10.3. The van der Waals surface area contributed by atoms with Gasteiger partial charge in [-0.3, -0.25) is 11.3 Å². The van der Waals surface area contributed by atoms with Gasteiger partial charge in [0.25, 0.3) is 0 Å². The number of hydrogen-bond donors (Lipinski definition) is 0. The molecule has 2 nitrogen and oxygen atoms in total. The third-order valence-corrected chi connectivity index (χ3v) is 2.92. The molecule has 2 aromatic rings. The van der Waals surface area contributed by atoms with E-state index in [9.17, 15) is 0 Å². The molecular formula is C12H13CuLiNOS. The standard InChI is InChI=1S/C8H5S.C4H8NO.Cu.Li/c1-2-4-8-7(3-1)5-6-9-8;1-3-6-4-2-5-1;;/h1-5H;1-4H2;;/q2*-1;2*+1. The molecule has 0 bridgehead atoms. The Morgan fingerprint density at radius 1 is 1.18 bits per heavy atom. The van der Waals surface area contributed by atoms with Gasteiger partial charge >= 0.3 is 35.9 Å². The number of benzene rings is 1. The molecule has 1 aromatic carbocycles. The Bertz CT molecular complexity index is 364. The number of fused-ring (bicyclic) bond motifs is 1. The van der Waals surface area contributed by atoms with E-state index in [1.807, 2.05) is 18.2 Å². The van der Waals surface area contributed by atoms with Crippen LogP contribution in [0.2, 0.25) is 0 Å². The second-order valence-corrected chi connectivity index (χ2v) is 4.06. The summed E-state index contributed by atoms with van der Waals surface area (Å²) in [6.45, 7) is 3.47. The maximum Gasteiger partial charge on any atom is 1.00 e. The predicted octanol–water partition coefficient (Wildman–Crippen LogP) is 0.0933. The smallest absolute Gasteiger partial charge is 0.659 e. The van der Waals surface area contributed by atoms with Crippen LogP contribution >= 0.6 is 11.3 Å². The van der Waals surface area contributed by atoms with E-state index in [0.717, 1.165) is 26.3 Å². The second kappa shape index (κ2) is 10.2. The third-order valence-electron chi connectivity index (χ3n) is 2.09. The SMILES string of the molecule is C1COCC[N-]1.[Cu+].[Li+].[c-]1cc2ccccc2s1. The molecule has 2 heterocycles. The molecule has 0 unspecified atom stereocenters. The van der Waals surface area contributed by atoms with Gasteiger partial charge in [-0.25, -0.2) is 0 Å². The van der Waals surface area contributed by atoms with Gasteiger partial charge in [0.1, 0.15) is 0 Å². The number of morpholine rings is 1. The molecule has 17 heavy (non-hydrogen) atoms. The van der Waals surface area contributed by atoms with E-state index in [2.05, 4.69) is 22.8 Å². The number of hydrogen-bond acceptors (Lipinski definition) is 2. The van der Waals surface area contributed by atoms with Crippen LogP contribution in [0.5, 0.6) is 0 Å². The first-order valence-electron chi connectivity index (χ1n) is 5.02. The van der Waals surface area contributed by atoms with E-state index in [-0.39, 0.29) is 35.9 Å². The van der Waals surface area contributed by atoms with Crippen LogP contribution < -0.4 is 18.9 Å². The molecule has 1 aromatic heterocycles. The molecule has 0 amide bonds. The van der Waals surface area contributed by atoms with Crippen molar-refractivity contribution in [1.82, 2.24) is 0 Å². The van der Waals surface area contributed by atoms with Gasteiger partial charge in [0.15, 0.2) is 0 Å². The minimum atomic E-state index is 0. The largest absolute Gasteiger partial charge is 1.00 e. The van der Waals surface area contributed by atoms with Gasteiger partial charge in [0.05, 0.1) is 0 Å². The maximum atomic E-state index is 4.98. The van der Waals surface area contributed by atoms with Crippen molar-refractivity contribution in [2.45, 2.75) is 0 Å². The van der Waals surface area contributed by atoms with Crippen LogP contribution in [0.15, 0.2) is 30.3 Å². The average molecular weight is 290 g/mol.